The van der Waals surface area contributed by atoms with Gasteiger partial charge in [0.15, 0.2) is 5.78 Å². The molecule has 0 bridgehead atoms. The second-order valence-corrected chi connectivity index (χ2v) is 6.53. The van der Waals surface area contributed by atoms with Crippen molar-refractivity contribution in [2.75, 3.05) is 0 Å². The molecule has 1 N–H and O–H groups in total. The number of benzene rings is 2. The van der Waals surface area contributed by atoms with Gasteiger partial charge >= 0.3 is 0 Å². The van der Waals surface area contributed by atoms with Crippen LogP contribution in [-0.2, 0) is 24.9 Å². The van der Waals surface area contributed by atoms with Gasteiger partial charge in [-0.05, 0) is 43.3 Å². The van der Waals surface area contributed by atoms with Crippen molar-refractivity contribution >= 4 is 16.6 Å². The quantitative estimate of drug-likeness (QED) is 0.260. The average molecular weight is 539 g/mol. The summed E-state index contributed by atoms with van der Waals surface area (Å²) in [6.45, 7) is 9.15. The summed E-state index contributed by atoms with van der Waals surface area (Å²) in [6.07, 6.45) is 3.04. The van der Waals surface area contributed by atoms with E-state index in [-0.39, 0.29) is 31.6 Å². The number of hydrogen-bond acceptors (Lipinski definition) is 3. The Morgan fingerprint density at radius 1 is 1.04 bits per heavy atom. The van der Waals surface area contributed by atoms with Crippen molar-refractivity contribution in [1.82, 2.24) is 4.98 Å². The molecule has 0 aliphatic rings. The van der Waals surface area contributed by atoms with Crippen LogP contribution in [0.2, 0.25) is 0 Å². The van der Waals surface area contributed by atoms with Crippen molar-refractivity contribution in [2.24, 2.45) is 0 Å². The van der Waals surface area contributed by atoms with E-state index in [9.17, 15) is 4.79 Å². The first-order valence-electron chi connectivity index (χ1n) is 8.50. The topological polar surface area (TPSA) is 50.2 Å². The van der Waals surface area contributed by atoms with E-state index in [1.807, 2.05) is 6.20 Å². The van der Waals surface area contributed by atoms with Gasteiger partial charge in [-0.1, -0.05) is 37.6 Å². The van der Waals surface area contributed by atoms with Crippen LogP contribution in [-0.4, -0.2) is 15.9 Å². The molecule has 4 heteroatoms. The number of aryl methyl sites for hydroxylation is 3. The summed E-state index contributed by atoms with van der Waals surface area (Å²) in [5.74, 6) is -0.0625. The van der Waals surface area contributed by atoms with E-state index in [0.29, 0.717) is 0 Å². The van der Waals surface area contributed by atoms with Crippen molar-refractivity contribution in [1.29, 1.82) is 0 Å². The Morgan fingerprint density at radius 2 is 1.74 bits per heavy atom. The van der Waals surface area contributed by atoms with E-state index >= 15 is 0 Å². The van der Waals surface area contributed by atoms with Crippen molar-refractivity contribution in [3.05, 3.63) is 77.2 Å². The van der Waals surface area contributed by atoms with E-state index < -0.39 is 0 Å². The van der Waals surface area contributed by atoms with Gasteiger partial charge < -0.3 is 10.1 Å². The number of aliphatic hydroxyl groups excluding tert-OH is 1. The molecule has 2 aromatic carbocycles. The van der Waals surface area contributed by atoms with Gasteiger partial charge in [0.1, 0.15) is 0 Å². The van der Waals surface area contributed by atoms with Crippen LogP contribution in [0, 0.1) is 26.8 Å². The third kappa shape index (κ3) is 6.74. The van der Waals surface area contributed by atoms with E-state index in [0.717, 1.165) is 16.8 Å². The maximum absolute atomic E-state index is 10.0. The van der Waals surface area contributed by atoms with Crippen molar-refractivity contribution in [2.45, 2.75) is 34.6 Å². The van der Waals surface area contributed by atoms with Crippen LogP contribution in [0.5, 0.6) is 0 Å². The van der Waals surface area contributed by atoms with Gasteiger partial charge in [0.2, 0.25) is 0 Å². The first kappa shape index (κ1) is 22.7. The van der Waals surface area contributed by atoms with Gasteiger partial charge in [-0.2, -0.15) is 0 Å². The molecule has 1 aromatic heterocycles. The monoisotopic (exact) mass is 539 g/mol. The van der Waals surface area contributed by atoms with Gasteiger partial charge in [0.25, 0.3) is 0 Å². The number of ketones is 1. The third-order valence-corrected chi connectivity index (χ3v) is 3.74. The summed E-state index contributed by atoms with van der Waals surface area (Å²) in [5, 5.41) is 10.8. The van der Waals surface area contributed by atoms with Gasteiger partial charge in [-0.3, -0.25) is 4.79 Å². The molecule has 143 valence electrons. The minimum absolute atomic E-state index is 0. The third-order valence-electron chi connectivity index (χ3n) is 3.74. The first-order valence-corrected chi connectivity index (χ1v) is 8.50. The van der Waals surface area contributed by atoms with Gasteiger partial charge in [0.05, 0.1) is 5.76 Å². The minimum atomic E-state index is -0.125. The summed E-state index contributed by atoms with van der Waals surface area (Å²) >= 11 is 0. The number of hydrogen-bond donors (Lipinski definition) is 1. The Bertz CT molecular complexity index is 953. The molecule has 0 saturated heterocycles. The molecule has 0 saturated carbocycles. The molecule has 1 radical (unpaired) electrons. The molecular weight excluding hydrogens is 514 g/mol. The van der Waals surface area contributed by atoms with Crippen LogP contribution >= 0.6 is 0 Å². The summed E-state index contributed by atoms with van der Waals surface area (Å²) < 4.78 is 0. The molecular formula is C23H24IrNO2-. The molecule has 0 spiro atoms. The molecule has 3 aromatic rings. The Labute approximate surface area is 174 Å². The summed E-state index contributed by atoms with van der Waals surface area (Å²) in [5.41, 5.74) is 5.77. The van der Waals surface area contributed by atoms with E-state index in [1.54, 1.807) is 0 Å². The largest absolute Gasteiger partial charge is 0.512 e. The van der Waals surface area contributed by atoms with E-state index in [1.165, 1.54) is 41.8 Å². The fourth-order valence-electron chi connectivity index (χ4n) is 2.83. The van der Waals surface area contributed by atoms with Crippen molar-refractivity contribution < 1.29 is 30.0 Å². The zero-order valence-corrected chi connectivity index (χ0v) is 18.6. The summed E-state index contributed by atoms with van der Waals surface area (Å²) in [4.78, 5) is 14.6. The van der Waals surface area contributed by atoms with Crippen LogP contribution in [0.15, 0.2) is 54.4 Å². The summed E-state index contributed by atoms with van der Waals surface area (Å²) in [7, 11) is 0. The molecule has 0 amide bonds. The van der Waals surface area contributed by atoms with Crippen LogP contribution in [0.4, 0.5) is 0 Å². The number of aromatic nitrogens is 1. The number of fused-ring (bicyclic) bond motifs is 1. The fourth-order valence-corrected chi connectivity index (χ4v) is 2.83. The normalized spacial score (nSPS) is 10.6. The molecule has 27 heavy (non-hydrogen) atoms. The van der Waals surface area contributed by atoms with E-state index in [4.69, 9.17) is 5.11 Å². The standard InChI is InChI=1S/C18H16N.C5H8O2.Ir/c1-12-4-5-17-15(9-12)6-7-19-18(17)16-10-13(2)8-14(3)11-16;1-4(6)3-5(2)7;/h4-10H,1-3H3;3,6H,1-2H3;/q-1;;. The zero-order valence-electron chi connectivity index (χ0n) is 16.3. The number of aliphatic hydroxyl groups is 1. The van der Waals surface area contributed by atoms with Crippen LogP contribution < -0.4 is 0 Å². The number of carbonyl (C=O) groups is 1. The number of rotatable bonds is 2. The molecule has 0 unspecified atom stereocenters. The van der Waals surface area contributed by atoms with Crippen molar-refractivity contribution in [3.63, 3.8) is 0 Å². The van der Waals surface area contributed by atoms with Gasteiger partial charge in [-0.25, -0.2) is 0 Å². The molecule has 0 aliphatic heterocycles. The predicted molar refractivity (Wildman–Crippen MR) is 107 cm³/mol. The van der Waals surface area contributed by atoms with Crippen molar-refractivity contribution in [3.8, 4) is 11.3 Å². The van der Waals surface area contributed by atoms with Gasteiger partial charge in [0, 0.05) is 32.4 Å². The Morgan fingerprint density at radius 3 is 2.30 bits per heavy atom. The molecule has 0 fully saturated rings. The first-order chi connectivity index (χ1) is 12.3. The van der Waals surface area contributed by atoms with Crippen LogP contribution in [0.25, 0.3) is 22.0 Å². The van der Waals surface area contributed by atoms with E-state index in [2.05, 4.69) is 68.2 Å². The Hall–Kier alpha value is -2.29. The second-order valence-electron chi connectivity index (χ2n) is 6.53. The minimum Gasteiger partial charge on any atom is -0.512 e. The smallest absolute Gasteiger partial charge is 0.155 e. The SMILES string of the molecule is CC(=O)C=C(C)O.Cc1[c-]c(-c2nccc3cc(C)ccc23)cc(C)c1.[Ir]. The maximum Gasteiger partial charge on any atom is 0.155 e. The molecule has 0 aliphatic carbocycles. The molecule has 3 rings (SSSR count). The molecule has 1 heterocycles. The second kappa shape index (κ2) is 10.1. The fraction of sp³-hybridized carbons (Fsp3) is 0.217. The predicted octanol–water partition coefficient (Wildman–Crippen LogP) is 5.66. The average Bonchev–Trinajstić information content (AvgIpc) is 2.52. The van der Waals surface area contributed by atoms with Gasteiger partial charge in [-0.15, -0.1) is 34.9 Å². The number of carbonyl (C=O) groups excluding carboxylic acids is 1. The molecule has 0 atom stereocenters. The number of nitrogens with zero attached hydrogens (tertiary/aromatic N) is 1. The molecule has 3 nitrogen and oxygen atoms in total. The zero-order chi connectivity index (χ0) is 19.3. The summed E-state index contributed by atoms with van der Waals surface area (Å²) in [6, 6.07) is 16.2. The maximum atomic E-state index is 10.0. The number of pyridine rings is 1. The van der Waals surface area contributed by atoms with Crippen LogP contribution in [0.3, 0.4) is 0 Å². The Kier molecular flexibility index (Phi) is 8.55. The Balaban J connectivity index is 0.000000395. The number of allylic oxidation sites excluding steroid dienone is 2. The van der Waals surface area contributed by atoms with Crippen LogP contribution in [0.1, 0.15) is 30.5 Å².